The van der Waals surface area contributed by atoms with Crippen molar-refractivity contribution < 1.29 is 10.2 Å². The van der Waals surface area contributed by atoms with Crippen LogP contribution in [0.2, 0.25) is 5.02 Å². The SMILES string of the molecule is N#C/C(=C/c1ccc(O)c(O)c1)c1ccc(Cl)cc1. The van der Waals surface area contributed by atoms with Gasteiger partial charge in [-0.1, -0.05) is 29.8 Å². The molecule has 2 aromatic rings. The average Bonchev–Trinajstić information content (AvgIpc) is 2.41. The molecule has 0 fully saturated rings. The van der Waals surface area contributed by atoms with Gasteiger partial charge in [0.25, 0.3) is 0 Å². The summed E-state index contributed by atoms with van der Waals surface area (Å²) in [5.41, 5.74) is 1.81. The van der Waals surface area contributed by atoms with Crippen LogP contribution in [-0.2, 0) is 0 Å². The fourth-order valence-corrected chi connectivity index (χ4v) is 1.73. The lowest BCUT2D eigenvalue weighted by Crippen LogP contribution is -1.82. The van der Waals surface area contributed by atoms with Gasteiger partial charge in [-0.05, 0) is 41.5 Å². The first-order valence-electron chi connectivity index (χ1n) is 5.50. The van der Waals surface area contributed by atoms with Gasteiger partial charge in [0.15, 0.2) is 11.5 Å². The zero-order chi connectivity index (χ0) is 13.8. The van der Waals surface area contributed by atoms with Crippen LogP contribution in [-0.4, -0.2) is 10.2 Å². The molecule has 2 aromatic carbocycles. The summed E-state index contributed by atoms with van der Waals surface area (Å²) in [5, 5.41) is 28.4. The van der Waals surface area contributed by atoms with E-state index in [2.05, 4.69) is 6.07 Å². The second-order valence-corrected chi connectivity index (χ2v) is 4.36. The highest BCUT2D eigenvalue weighted by Gasteiger charge is 2.03. The standard InChI is InChI=1S/C15H10ClNO2/c16-13-4-2-11(3-5-13)12(9-17)7-10-1-6-14(18)15(19)8-10/h1-8,18-19H/b12-7-. The highest BCUT2D eigenvalue weighted by Crippen LogP contribution is 2.27. The van der Waals surface area contributed by atoms with Gasteiger partial charge in [0.05, 0.1) is 11.6 Å². The summed E-state index contributed by atoms with van der Waals surface area (Å²) in [6.07, 6.45) is 1.63. The number of benzene rings is 2. The number of phenolic OH excluding ortho intramolecular Hbond substituents is 2. The third kappa shape index (κ3) is 3.06. The molecule has 0 aliphatic heterocycles. The molecule has 0 spiro atoms. The summed E-state index contributed by atoms with van der Waals surface area (Å²) in [5.74, 6) is -0.413. The molecule has 0 heterocycles. The number of hydrogen-bond acceptors (Lipinski definition) is 3. The Labute approximate surface area is 115 Å². The molecule has 0 saturated heterocycles. The molecule has 2 N–H and O–H groups in total. The summed E-state index contributed by atoms with van der Waals surface area (Å²) in [6, 6.07) is 13.4. The fourth-order valence-electron chi connectivity index (χ4n) is 1.61. The van der Waals surface area contributed by atoms with Crippen LogP contribution in [0.15, 0.2) is 42.5 Å². The quantitative estimate of drug-likeness (QED) is 0.496. The molecule has 0 unspecified atom stereocenters. The summed E-state index contributed by atoms with van der Waals surface area (Å²) in [7, 11) is 0. The van der Waals surface area contributed by atoms with E-state index in [1.54, 1.807) is 36.4 Å². The maximum absolute atomic E-state index is 9.41. The Morgan fingerprint density at radius 1 is 1.05 bits per heavy atom. The Kier molecular flexibility index (Phi) is 3.74. The van der Waals surface area contributed by atoms with Crippen molar-refractivity contribution in [3.05, 3.63) is 58.6 Å². The molecule has 0 aliphatic rings. The number of halogens is 1. The van der Waals surface area contributed by atoms with Crippen LogP contribution in [0.3, 0.4) is 0 Å². The third-order valence-electron chi connectivity index (χ3n) is 2.59. The number of phenols is 2. The molecule has 19 heavy (non-hydrogen) atoms. The predicted molar refractivity (Wildman–Crippen MR) is 74.7 cm³/mol. The Hall–Kier alpha value is -2.44. The molecule has 0 amide bonds. The summed E-state index contributed by atoms with van der Waals surface area (Å²) in [6.45, 7) is 0. The Balaban J connectivity index is 2.41. The van der Waals surface area contributed by atoms with Crippen LogP contribution in [0.1, 0.15) is 11.1 Å². The number of allylic oxidation sites excluding steroid dienone is 1. The molecule has 0 aliphatic carbocycles. The molecular formula is C15H10ClNO2. The molecule has 2 rings (SSSR count). The zero-order valence-electron chi connectivity index (χ0n) is 9.84. The van der Waals surface area contributed by atoms with Crippen LogP contribution < -0.4 is 0 Å². The molecule has 0 bridgehead atoms. The first-order chi connectivity index (χ1) is 9.10. The molecule has 3 nitrogen and oxygen atoms in total. The Bertz CT molecular complexity index is 670. The molecular weight excluding hydrogens is 262 g/mol. The number of aromatic hydroxyl groups is 2. The van der Waals surface area contributed by atoms with Gasteiger partial charge >= 0.3 is 0 Å². The van der Waals surface area contributed by atoms with Crippen molar-refractivity contribution in [2.75, 3.05) is 0 Å². The van der Waals surface area contributed by atoms with Crippen molar-refractivity contribution in [1.29, 1.82) is 5.26 Å². The summed E-state index contributed by atoms with van der Waals surface area (Å²) in [4.78, 5) is 0. The first kappa shape index (κ1) is 13.0. The number of nitrogens with zero attached hydrogens (tertiary/aromatic N) is 1. The van der Waals surface area contributed by atoms with Gasteiger partial charge in [-0.3, -0.25) is 0 Å². The lowest BCUT2D eigenvalue weighted by atomic mass is 10.0. The molecule has 0 aromatic heterocycles. The van der Waals surface area contributed by atoms with E-state index >= 15 is 0 Å². The zero-order valence-corrected chi connectivity index (χ0v) is 10.6. The van der Waals surface area contributed by atoms with Gasteiger partial charge < -0.3 is 10.2 Å². The van der Waals surface area contributed by atoms with Gasteiger partial charge in [-0.25, -0.2) is 0 Å². The predicted octanol–water partition coefficient (Wildman–Crippen LogP) is 3.82. The van der Waals surface area contributed by atoms with Crippen LogP contribution in [0.4, 0.5) is 0 Å². The molecule has 94 valence electrons. The van der Waals surface area contributed by atoms with E-state index in [1.165, 1.54) is 12.1 Å². The lowest BCUT2D eigenvalue weighted by Gasteiger charge is -2.02. The van der Waals surface area contributed by atoms with E-state index in [9.17, 15) is 15.5 Å². The molecule has 4 heteroatoms. The largest absolute Gasteiger partial charge is 0.504 e. The number of nitriles is 1. The molecule has 0 saturated carbocycles. The van der Waals surface area contributed by atoms with Gasteiger partial charge in [0, 0.05) is 5.02 Å². The second kappa shape index (κ2) is 5.47. The summed E-state index contributed by atoms with van der Waals surface area (Å²) < 4.78 is 0. The van der Waals surface area contributed by atoms with Crippen LogP contribution in [0.5, 0.6) is 11.5 Å². The highest BCUT2D eigenvalue weighted by molar-refractivity contribution is 6.30. The fraction of sp³-hybridized carbons (Fsp3) is 0. The van der Waals surface area contributed by atoms with E-state index in [4.69, 9.17) is 11.6 Å². The molecule has 0 radical (unpaired) electrons. The third-order valence-corrected chi connectivity index (χ3v) is 2.84. The second-order valence-electron chi connectivity index (χ2n) is 3.92. The minimum atomic E-state index is -0.220. The van der Waals surface area contributed by atoms with Crippen LogP contribution in [0.25, 0.3) is 11.6 Å². The van der Waals surface area contributed by atoms with Crippen molar-refractivity contribution >= 4 is 23.3 Å². The maximum atomic E-state index is 9.41. The van der Waals surface area contributed by atoms with Gasteiger partial charge in [-0.2, -0.15) is 5.26 Å². The van der Waals surface area contributed by atoms with E-state index in [-0.39, 0.29) is 11.5 Å². The van der Waals surface area contributed by atoms with Crippen molar-refractivity contribution in [3.8, 4) is 17.6 Å². The number of rotatable bonds is 2. The van der Waals surface area contributed by atoms with E-state index in [0.717, 1.165) is 5.56 Å². The monoisotopic (exact) mass is 271 g/mol. The van der Waals surface area contributed by atoms with Crippen molar-refractivity contribution in [1.82, 2.24) is 0 Å². The maximum Gasteiger partial charge on any atom is 0.157 e. The van der Waals surface area contributed by atoms with Crippen molar-refractivity contribution in [3.63, 3.8) is 0 Å². The normalized spacial score (nSPS) is 11.1. The van der Waals surface area contributed by atoms with Crippen LogP contribution in [0, 0.1) is 11.3 Å². The lowest BCUT2D eigenvalue weighted by molar-refractivity contribution is 0.403. The van der Waals surface area contributed by atoms with Crippen molar-refractivity contribution in [2.45, 2.75) is 0 Å². The molecule has 0 atom stereocenters. The minimum absolute atomic E-state index is 0.192. The number of hydrogen-bond donors (Lipinski definition) is 2. The highest BCUT2D eigenvalue weighted by atomic mass is 35.5. The van der Waals surface area contributed by atoms with E-state index < -0.39 is 0 Å². The topological polar surface area (TPSA) is 64.2 Å². The van der Waals surface area contributed by atoms with Gasteiger partial charge in [0.1, 0.15) is 0 Å². The Morgan fingerprint density at radius 3 is 2.32 bits per heavy atom. The first-order valence-corrected chi connectivity index (χ1v) is 5.87. The smallest absolute Gasteiger partial charge is 0.157 e. The average molecular weight is 272 g/mol. The van der Waals surface area contributed by atoms with E-state index in [0.29, 0.717) is 16.2 Å². The summed E-state index contributed by atoms with van der Waals surface area (Å²) >= 11 is 5.79. The minimum Gasteiger partial charge on any atom is -0.504 e. The van der Waals surface area contributed by atoms with E-state index in [1.807, 2.05) is 0 Å². The van der Waals surface area contributed by atoms with Crippen LogP contribution >= 0.6 is 11.6 Å². The van der Waals surface area contributed by atoms with Gasteiger partial charge in [0.2, 0.25) is 0 Å². The van der Waals surface area contributed by atoms with Crippen molar-refractivity contribution in [2.24, 2.45) is 0 Å². The van der Waals surface area contributed by atoms with Gasteiger partial charge in [-0.15, -0.1) is 0 Å². The Morgan fingerprint density at radius 2 is 1.74 bits per heavy atom.